The van der Waals surface area contributed by atoms with E-state index >= 15 is 0 Å². The van der Waals surface area contributed by atoms with E-state index in [2.05, 4.69) is 13.8 Å². The molecule has 0 unspecified atom stereocenters. The normalized spacial score (nSPS) is 10.2. The molecule has 0 saturated carbocycles. The van der Waals surface area contributed by atoms with Crippen molar-refractivity contribution < 1.29 is 4.79 Å². The van der Waals surface area contributed by atoms with Crippen LogP contribution in [0.1, 0.15) is 30.9 Å². The first kappa shape index (κ1) is 14.5. The van der Waals surface area contributed by atoms with Gasteiger partial charge >= 0.3 is 0 Å². The molecule has 0 aliphatic heterocycles. The summed E-state index contributed by atoms with van der Waals surface area (Å²) < 4.78 is 0. The number of carbonyl (C=O) groups is 1. The van der Waals surface area contributed by atoms with Crippen LogP contribution in [0.5, 0.6) is 0 Å². The molecule has 0 aliphatic carbocycles. The van der Waals surface area contributed by atoms with Crippen molar-refractivity contribution in [1.82, 2.24) is 0 Å². The van der Waals surface area contributed by atoms with E-state index in [0.29, 0.717) is 0 Å². The van der Waals surface area contributed by atoms with Crippen molar-refractivity contribution in [1.29, 1.82) is 5.26 Å². The maximum atomic E-state index is 11.9. The molecule has 96 valence electrons. The molecule has 0 fully saturated rings. The van der Waals surface area contributed by atoms with E-state index < -0.39 is 0 Å². The average Bonchev–Trinajstić information content (AvgIpc) is 2.35. The monoisotopic (exact) mass is 264 g/mol. The predicted octanol–water partition coefficient (Wildman–Crippen LogP) is 3.21. The summed E-state index contributed by atoms with van der Waals surface area (Å²) in [6, 6.07) is 7.91. The number of anilines is 1. The number of hydrogen-bond acceptors (Lipinski definition) is 2. The highest BCUT2D eigenvalue weighted by molar-refractivity contribution is 6.29. The Morgan fingerprint density at radius 1 is 1.50 bits per heavy atom. The van der Waals surface area contributed by atoms with Gasteiger partial charge < -0.3 is 0 Å². The summed E-state index contributed by atoms with van der Waals surface area (Å²) in [6.45, 7) is 6.09. The molecule has 18 heavy (non-hydrogen) atoms. The summed E-state index contributed by atoms with van der Waals surface area (Å²) in [5.41, 5.74) is 2.86. The number of carbonyl (C=O) groups excluding carboxylic acids is 1. The highest BCUT2D eigenvalue weighted by Crippen LogP contribution is 2.31. The second-order valence-corrected chi connectivity index (χ2v) is 4.71. The van der Waals surface area contributed by atoms with Crippen LogP contribution in [-0.4, -0.2) is 18.3 Å². The maximum absolute atomic E-state index is 11.9. The van der Waals surface area contributed by atoms with Gasteiger partial charge in [-0.15, -0.1) is 11.6 Å². The van der Waals surface area contributed by atoms with Crippen LogP contribution in [0.15, 0.2) is 18.2 Å². The smallest absolute Gasteiger partial charge is 0.242 e. The fourth-order valence-corrected chi connectivity index (χ4v) is 2.10. The van der Waals surface area contributed by atoms with Crippen molar-refractivity contribution in [2.45, 2.75) is 26.7 Å². The molecule has 4 heteroatoms. The number of rotatable bonds is 4. The fourth-order valence-electron chi connectivity index (χ4n) is 1.95. The van der Waals surface area contributed by atoms with Crippen molar-refractivity contribution in [3.63, 3.8) is 0 Å². The van der Waals surface area contributed by atoms with E-state index in [1.165, 1.54) is 4.90 Å². The first-order valence-electron chi connectivity index (χ1n) is 5.85. The molecule has 1 aromatic rings. The van der Waals surface area contributed by atoms with E-state index in [1.54, 1.807) is 0 Å². The standard InChI is InChI=1S/C14H17ClN2O/c1-10(2)12-6-4-5-11(3)14(12)17(8-7-16)13(18)9-15/h4-6,10H,8-9H2,1-3H3. The number of alkyl halides is 1. The Morgan fingerprint density at radius 3 is 2.67 bits per heavy atom. The first-order valence-corrected chi connectivity index (χ1v) is 6.39. The Balaban J connectivity index is 3.35. The van der Waals surface area contributed by atoms with Crippen LogP contribution in [0.2, 0.25) is 0 Å². The number of hydrogen-bond donors (Lipinski definition) is 0. The quantitative estimate of drug-likeness (QED) is 0.619. The summed E-state index contributed by atoms with van der Waals surface area (Å²) in [5.74, 6) is -0.0771. The number of para-hydroxylation sites is 1. The van der Waals surface area contributed by atoms with Gasteiger partial charge in [0.1, 0.15) is 12.4 Å². The lowest BCUT2D eigenvalue weighted by molar-refractivity contribution is -0.116. The third-order valence-corrected chi connectivity index (χ3v) is 3.03. The van der Waals surface area contributed by atoms with Gasteiger partial charge in [-0.2, -0.15) is 5.26 Å². The van der Waals surface area contributed by atoms with E-state index in [9.17, 15) is 4.79 Å². The van der Waals surface area contributed by atoms with E-state index in [4.69, 9.17) is 16.9 Å². The van der Waals surface area contributed by atoms with Gasteiger partial charge in [-0.1, -0.05) is 32.0 Å². The van der Waals surface area contributed by atoms with Gasteiger partial charge in [-0.25, -0.2) is 0 Å². The van der Waals surface area contributed by atoms with E-state index in [-0.39, 0.29) is 24.2 Å². The second-order valence-electron chi connectivity index (χ2n) is 4.44. The van der Waals surface area contributed by atoms with Crippen LogP contribution in [0.25, 0.3) is 0 Å². The van der Waals surface area contributed by atoms with Crippen LogP contribution in [0, 0.1) is 18.3 Å². The fraction of sp³-hybridized carbons (Fsp3) is 0.429. The van der Waals surface area contributed by atoms with Crippen LogP contribution in [0.4, 0.5) is 5.69 Å². The maximum Gasteiger partial charge on any atom is 0.242 e. The number of halogens is 1. The van der Waals surface area contributed by atoms with Crippen LogP contribution >= 0.6 is 11.6 Å². The third kappa shape index (κ3) is 3.02. The van der Waals surface area contributed by atoms with Gasteiger partial charge in [-0.05, 0) is 24.0 Å². The Hall–Kier alpha value is -1.53. The molecule has 1 amide bonds. The summed E-state index contributed by atoms with van der Waals surface area (Å²) in [4.78, 5) is 13.3. The van der Waals surface area contributed by atoms with Crippen molar-refractivity contribution in [3.8, 4) is 6.07 Å². The van der Waals surface area contributed by atoms with Gasteiger partial charge in [0.15, 0.2) is 0 Å². The Kier molecular flexibility index (Phi) is 5.18. The Labute approximate surface area is 113 Å². The molecule has 0 N–H and O–H groups in total. The van der Waals surface area contributed by atoms with Gasteiger partial charge in [0.25, 0.3) is 0 Å². The zero-order chi connectivity index (χ0) is 13.7. The minimum absolute atomic E-state index is 0.0239. The molecule has 0 atom stereocenters. The minimum Gasteiger partial charge on any atom is -0.297 e. The number of amides is 1. The largest absolute Gasteiger partial charge is 0.297 e. The van der Waals surface area contributed by atoms with Gasteiger partial charge in [0.2, 0.25) is 5.91 Å². The molecule has 3 nitrogen and oxygen atoms in total. The SMILES string of the molecule is Cc1cccc(C(C)C)c1N(CC#N)C(=O)CCl. The number of nitrogens with zero attached hydrogens (tertiary/aromatic N) is 2. The minimum atomic E-state index is -0.241. The van der Waals surface area contributed by atoms with Crippen LogP contribution in [0.3, 0.4) is 0 Å². The molecule has 1 rings (SSSR count). The number of aryl methyl sites for hydroxylation is 1. The van der Waals surface area contributed by atoms with E-state index in [1.807, 2.05) is 31.2 Å². The number of benzene rings is 1. The molecule has 0 radical (unpaired) electrons. The molecular formula is C14H17ClN2O. The van der Waals surface area contributed by atoms with Gasteiger partial charge in [-0.3, -0.25) is 9.69 Å². The summed E-state index contributed by atoms with van der Waals surface area (Å²) >= 11 is 5.62. The molecule has 0 aromatic heterocycles. The molecule has 0 saturated heterocycles. The zero-order valence-corrected chi connectivity index (χ0v) is 11.7. The summed E-state index contributed by atoms with van der Waals surface area (Å²) in [7, 11) is 0. The lowest BCUT2D eigenvalue weighted by Crippen LogP contribution is -2.33. The highest BCUT2D eigenvalue weighted by atomic mass is 35.5. The first-order chi connectivity index (χ1) is 8.52. The van der Waals surface area contributed by atoms with Crippen LogP contribution < -0.4 is 4.90 Å². The molecule has 0 heterocycles. The number of nitriles is 1. The molecule has 1 aromatic carbocycles. The van der Waals surface area contributed by atoms with E-state index in [0.717, 1.165) is 16.8 Å². The van der Waals surface area contributed by atoms with Crippen molar-refractivity contribution in [3.05, 3.63) is 29.3 Å². The molecule has 0 bridgehead atoms. The second kappa shape index (κ2) is 6.42. The topological polar surface area (TPSA) is 44.1 Å². The summed E-state index contributed by atoms with van der Waals surface area (Å²) in [5, 5.41) is 8.88. The summed E-state index contributed by atoms with van der Waals surface area (Å²) in [6.07, 6.45) is 0. The lowest BCUT2D eigenvalue weighted by Gasteiger charge is -2.25. The van der Waals surface area contributed by atoms with Crippen LogP contribution in [-0.2, 0) is 4.79 Å². The zero-order valence-electron chi connectivity index (χ0n) is 10.9. The predicted molar refractivity (Wildman–Crippen MR) is 74.0 cm³/mol. The highest BCUT2D eigenvalue weighted by Gasteiger charge is 2.20. The Morgan fingerprint density at radius 2 is 2.17 bits per heavy atom. The molecule has 0 aliphatic rings. The van der Waals surface area contributed by atoms with Crippen molar-refractivity contribution >= 4 is 23.2 Å². The van der Waals surface area contributed by atoms with Gasteiger partial charge in [0, 0.05) is 0 Å². The molecule has 0 spiro atoms. The average molecular weight is 265 g/mol. The van der Waals surface area contributed by atoms with Gasteiger partial charge in [0.05, 0.1) is 11.8 Å². The third-order valence-electron chi connectivity index (χ3n) is 2.81. The molecular weight excluding hydrogens is 248 g/mol. The van der Waals surface area contributed by atoms with Crippen molar-refractivity contribution in [2.24, 2.45) is 0 Å². The Bertz CT molecular complexity index is 477. The lowest BCUT2D eigenvalue weighted by atomic mass is 9.97. The van der Waals surface area contributed by atoms with Crippen molar-refractivity contribution in [2.75, 3.05) is 17.3 Å².